The van der Waals surface area contributed by atoms with Gasteiger partial charge in [-0.25, -0.2) is 0 Å². The summed E-state index contributed by atoms with van der Waals surface area (Å²) < 4.78 is 10.9. The number of ether oxygens (including phenoxy) is 1. The molecule has 156 valence electrons. The second kappa shape index (κ2) is 7.61. The third-order valence-corrected chi connectivity index (χ3v) is 5.55. The topological polar surface area (TPSA) is 63.0 Å². The third-order valence-electron chi connectivity index (χ3n) is 5.55. The van der Waals surface area contributed by atoms with Crippen LogP contribution >= 0.6 is 0 Å². The molecule has 0 N–H and O–H groups in total. The maximum atomic E-state index is 13.1. The molecule has 1 aliphatic rings. The highest BCUT2D eigenvalue weighted by molar-refractivity contribution is 5.97. The number of rotatable bonds is 4. The van der Waals surface area contributed by atoms with Crippen molar-refractivity contribution in [2.24, 2.45) is 0 Å². The van der Waals surface area contributed by atoms with Crippen molar-refractivity contribution in [1.29, 1.82) is 0 Å². The lowest BCUT2D eigenvalue weighted by atomic mass is 9.96. The Kier molecular flexibility index (Phi) is 5.12. The second-order valence-corrected chi connectivity index (χ2v) is 8.47. The summed E-state index contributed by atoms with van der Waals surface area (Å²) in [6.07, 6.45) is 1.52. The summed E-state index contributed by atoms with van der Waals surface area (Å²) in [5.41, 5.74) is 2.52. The van der Waals surface area contributed by atoms with Crippen LogP contribution in [-0.4, -0.2) is 36.5 Å². The van der Waals surface area contributed by atoms with Gasteiger partial charge in [-0.15, -0.1) is 0 Å². The number of carbonyl (C=O) groups excluding carboxylic acids is 1. The number of fused-ring (bicyclic) bond motifs is 1. The van der Waals surface area contributed by atoms with E-state index in [1.807, 2.05) is 73.0 Å². The van der Waals surface area contributed by atoms with Crippen molar-refractivity contribution in [1.82, 2.24) is 4.90 Å². The van der Waals surface area contributed by atoms with Gasteiger partial charge in [0.05, 0.1) is 30.8 Å². The highest BCUT2D eigenvalue weighted by atomic mass is 16.5. The SMILES string of the molecule is COc1ccc(N2C(=O)CN(Cc3coc4ccc(C)cc4c3=O)CC2(C)C)cc1. The van der Waals surface area contributed by atoms with Gasteiger partial charge in [0.25, 0.3) is 0 Å². The Morgan fingerprint density at radius 2 is 1.83 bits per heavy atom. The Bertz CT molecular complexity index is 1150. The smallest absolute Gasteiger partial charge is 0.241 e. The van der Waals surface area contributed by atoms with Gasteiger partial charge in [-0.05, 0) is 57.2 Å². The van der Waals surface area contributed by atoms with E-state index in [9.17, 15) is 9.59 Å². The first-order valence-electron chi connectivity index (χ1n) is 9.99. The van der Waals surface area contributed by atoms with E-state index in [1.54, 1.807) is 7.11 Å². The highest BCUT2D eigenvalue weighted by Crippen LogP contribution is 2.30. The molecule has 0 unspecified atom stereocenters. The summed E-state index contributed by atoms with van der Waals surface area (Å²) in [5, 5.41) is 0.579. The number of aryl methyl sites for hydroxylation is 1. The third kappa shape index (κ3) is 3.71. The molecule has 6 nitrogen and oxygen atoms in total. The molecule has 1 aromatic heterocycles. The highest BCUT2D eigenvalue weighted by Gasteiger charge is 2.39. The van der Waals surface area contributed by atoms with E-state index >= 15 is 0 Å². The first-order valence-corrected chi connectivity index (χ1v) is 9.99. The van der Waals surface area contributed by atoms with Gasteiger partial charge in [0.2, 0.25) is 5.91 Å². The standard InChI is InChI=1S/C24H26N2O4/c1-16-5-10-21-20(11-16)23(28)17(14-30-21)12-25-13-22(27)26(24(2,3)15-25)18-6-8-19(29-4)9-7-18/h5-11,14H,12-13,15H2,1-4H3. The summed E-state index contributed by atoms with van der Waals surface area (Å²) in [5.74, 6) is 0.748. The Morgan fingerprint density at radius 3 is 2.50 bits per heavy atom. The van der Waals surface area contributed by atoms with E-state index < -0.39 is 5.54 Å². The van der Waals surface area contributed by atoms with E-state index in [1.165, 1.54) is 6.26 Å². The molecule has 6 heteroatoms. The maximum absolute atomic E-state index is 13.1. The van der Waals surface area contributed by atoms with Gasteiger partial charge in [0.1, 0.15) is 11.3 Å². The molecule has 2 aromatic carbocycles. The lowest BCUT2D eigenvalue weighted by Crippen LogP contribution is -2.62. The van der Waals surface area contributed by atoms with Crippen LogP contribution in [0.15, 0.2) is 57.9 Å². The molecule has 1 saturated heterocycles. The normalized spacial score (nSPS) is 16.8. The van der Waals surface area contributed by atoms with Gasteiger partial charge in [0, 0.05) is 24.3 Å². The van der Waals surface area contributed by atoms with Crippen LogP contribution in [-0.2, 0) is 11.3 Å². The van der Waals surface area contributed by atoms with Crippen LogP contribution in [0.1, 0.15) is 25.0 Å². The fraction of sp³-hybridized carbons (Fsp3) is 0.333. The van der Waals surface area contributed by atoms with Crippen LogP contribution < -0.4 is 15.1 Å². The Balaban J connectivity index is 1.58. The first kappa shape index (κ1) is 20.2. The van der Waals surface area contributed by atoms with Gasteiger partial charge >= 0.3 is 0 Å². The average molecular weight is 406 g/mol. The number of hydrogen-bond donors (Lipinski definition) is 0. The summed E-state index contributed by atoms with van der Waals surface area (Å²) in [4.78, 5) is 29.8. The molecule has 30 heavy (non-hydrogen) atoms. The monoisotopic (exact) mass is 406 g/mol. The maximum Gasteiger partial charge on any atom is 0.241 e. The summed E-state index contributed by atoms with van der Waals surface area (Å²) in [6, 6.07) is 13.1. The molecule has 4 rings (SSSR count). The van der Waals surface area contributed by atoms with E-state index in [2.05, 4.69) is 0 Å². The van der Waals surface area contributed by atoms with Crippen LogP contribution in [0.25, 0.3) is 11.0 Å². The van der Waals surface area contributed by atoms with Crippen molar-refractivity contribution < 1.29 is 13.9 Å². The zero-order chi connectivity index (χ0) is 21.5. The number of amides is 1. The number of benzene rings is 2. The average Bonchev–Trinajstić information content (AvgIpc) is 2.70. The molecule has 0 bridgehead atoms. The zero-order valence-electron chi connectivity index (χ0n) is 17.8. The fourth-order valence-corrected chi connectivity index (χ4v) is 4.25. The van der Waals surface area contributed by atoms with Crippen molar-refractivity contribution in [3.05, 3.63) is 70.1 Å². The summed E-state index contributed by atoms with van der Waals surface area (Å²) in [6.45, 7) is 7.26. The molecule has 2 heterocycles. The summed E-state index contributed by atoms with van der Waals surface area (Å²) in [7, 11) is 1.62. The van der Waals surface area contributed by atoms with Crippen molar-refractivity contribution in [3.63, 3.8) is 0 Å². The quantitative estimate of drug-likeness (QED) is 0.661. The lowest BCUT2D eigenvalue weighted by Gasteiger charge is -2.46. The number of piperazine rings is 1. The van der Waals surface area contributed by atoms with Crippen molar-refractivity contribution in [2.75, 3.05) is 25.1 Å². The molecular weight excluding hydrogens is 380 g/mol. The molecule has 0 aliphatic carbocycles. The van der Waals surface area contributed by atoms with Crippen LogP contribution in [0.5, 0.6) is 5.75 Å². The van der Waals surface area contributed by atoms with Crippen LogP contribution in [0.3, 0.4) is 0 Å². The molecule has 1 fully saturated rings. The number of hydrogen-bond acceptors (Lipinski definition) is 5. The first-order chi connectivity index (χ1) is 14.3. The second-order valence-electron chi connectivity index (χ2n) is 8.47. The zero-order valence-corrected chi connectivity index (χ0v) is 17.8. The van der Waals surface area contributed by atoms with Crippen LogP contribution in [0.2, 0.25) is 0 Å². The molecule has 0 atom stereocenters. The number of carbonyl (C=O) groups is 1. The minimum atomic E-state index is -0.433. The van der Waals surface area contributed by atoms with Crippen LogP contribution in [0.4, 0.5) is 5.69 Å². The molecule has 3 aromatic rings. The van der Waals surface area contributed by atoms with Crippen molar-refractivity contribution in [3.8, 4) is 5.75 Å². The minimum absolute atomic E-state index is 0.00237. The van der Waals surface area contributed by atoms with Gasteiger partial charge in [-0.2, -0.15) is 0 Å². The van der Waals surface area contributed by atoms with E-state index in [-0.39, 0.29) is 17.9 Å². The van der Waals surface area contributed by atoms with Gasteiger partial charge in [0.15, 0.2) is 5.43 Å². The van der Waals surface area contributed by atoms with Gasteiger partial charge < -0.3 is 14.1 Å². The minimum Gasteiger partial charge on any atom is -0.497 e. The lowest BCUT2D eigenvalue weighted by molar-refractivity contribution is -0.123. The van der Waals surface area contributed by atoms with Gasteiger partial charge in [-0.3, -0.25) is 14.5 Å². The van der Waals surface area contributed by atoms with Crippen molar-refractivity contribution in [2.45, 2.75) is 32.9 Å². The number of anilines is 1. The van der Waals surface area contributed by atoms with Crippen molar-refractivity contribution >= 4 is 22.6 Å². The molecule has 0 radical (unpaired) electrons. The molecule has 1 amide bonds. The molecular formula is C24H26N2O4. The van der Waals surface area contributed by atoms with E-state index in [4.69, 9.17) is 9.15 Å². The van der Waals surface area contributed by atoms with Crippen LogP contribution in [0, 0.1) is 6.92 Å². The summed E-state index contributed by atoms with van der Waals surface area (Å²) >= 11 is 0. The predicted octanol–water partition coefficient (Wildman–Crippen LogP) is 3.74. The van der Waals surface area contributed by atoms with E-state index in [0.717, 1.165) is 17.0 Å². The fourth-order valence-electron chi connectivity index (χ4n) is 4.25. The molecule has 1 aliphatic heterocycles. The Labute approximate surface area is 175 Å². The van der Waals surface area contributed by atoms with Gasteiger partial charge in [-0.1, -0.05) is 11.6 Å². The number of nitrogens with zero attached hydrogens (tertiary/aromatic N) is 2. The van der Waals surface area contributed by atoms with E-state index in [0.29, 0.717) is 29.6 Å². The molecule has 0 saturated carbocycles. The molecule has 0 spiro atoms. The predicted molar refractivity (Wildman–Crippen MR) is 117 cm³/mol. The number of methoxy groups -OCH3 is 1. The largest absolute Gasteiger partial charge is 0.497 e. The Morgan fingerprint density at radius 1 is 1.10 bits per heavy atom. The Hall–Kier alpha value is -3.12.